The van der Waals surface area contributed by atoms with Crippen molar-refractivity contribution >= 4 is 0 Å². The molecule has 0 aromatic rings. The van der Waals surface area contributed by atoms with Crippen LogP contribution < -0.4 is 0 Å². The smallest absolute Gasteiger partial charge is 0.0861 e. The van der Waals surface area contributed by atoms with Crippen LogP contribution in [0.5, 0.6) is 0 Å². The Labute approximate surface area is 129 Å². The number of hydrogen-bond donors (Lipinski definition) is 0. The first kappa shape index (κ1) is 13.9. The Bertz CT molecular complexity index is 377. The molecule has 4 bridgehead atoms. The Balaban J connectivity index is 1.18. The van der Waals surface area contributed by atoms with Crippen LogP contribution in [0.2, 0.25) is 0 Å². The molecule has 4 aliphatic rings. The van der Waals surface area contributed by atoms with Crippen molar-refractivity contribution in [3.05, 3.63) is 24.7 Å². The maximum atomic E-state index is 5.60. The monoisotopic (exact) mass is 286 g/mol. The summed E-state index contributed by atoms with van der Waals surface area (Å²) in [5.41, 5.74) is 1.33. The van der Waals surface area contributed by atoms with Crippen LogP contribution in [0, 0.1) is 22.7 Å². The summed E-state index contributed by atoms with van der Waals surface area (Å²) in [5, 5.41) is 0. The van der Waals surface area contributed by atoms with E-state index in [0.717, 1.165) is 11.8 Å². The van der Waals surface area contributed by atoms with Crippen LogP contribution in [-0.4, -0.2) is 0 Å². The lowest BCUT2D eigenvalue weighted by Gasteiger charge is -2.24. The quantitative estimate of drug-likeness (QED) is 0.546. The van der Waals surface area contributed by atoms with Gasteiger partial charge in [0.1, 0.15) is 0 Å². The van der Waals surface area contributed by atoms with Crippen LogP contribution in [0.25, 0.3) is 0 Å². The number of fused-ring (bicyclic) bond motifs is 4. The van der Waals surface area contributed by atoms with Gasteiger partial charge < -0.3 is 4.74 Å². The Morgan fingerprint density at radius 1 is 0.714 bits per heavy atom. The van der Waals surface area contributed by atoms with E-state index in [1.165, 1.54) is 77.0 Å². The maximum absolute atomic E-state index is 5.60. The van der Waals surface area contributed by atoms with E-state index in [-0.39, 0.29) is 0 Å². The first-order chi connectivity index (χ1) is 10.3. The summed E-state index contributed by atoms with van der Waals surface area (Å²) in [4.78, 5) is 0. The van der Waals surface area contributed by atoms with Gasteiger partial charge in [-0.2, -0.15) is 0 Å². The fourth-order valence-corrected chi connectivity index (χ4v) is 5.95. The van der Waals surface area contributed by atoms with Gasteiger partial charge in [-0.05, 0) is 112 Å². The largest absolute Gasteiger partial charge is 0.473 e. The molecule has 4 aliphatic carbocycles. The van der Waals surface area contributed by atoms with E-state index in [0.29, 0.717) is 10.8 Å². The molecule has 0 saturated heterocycles. The van der Waals surface area contributed by atoms with Gasteiger partial charge in [0, 0.05) is 0 Å². The van der Waals surface area contributed by atoms with Crippen LogP contribution in [0.3, 0.4) is 0 Å². The Kier molecular flexibility index (Phi) is 3.63. The number of allylic oxidation sites excluding steroid dienone is 2. The number of ether oxygens (including phenoxy) is 1. The third kappa shape index (κ3) is 2.81. The van der Waals surface area contributed by atoms with Crippen molar-refractivity contribution in [1.29, 1.82) is 0 Å². The number of hydrogen-bond acceptors (Lipinski definition) is 1. The standard InChI is InChI=1S/C20H30O/c1(7-19-9-3-17(15-19)4-10-19)13-21-14-2-8-20-11-5-18(16-20)6-12-20/h1-2,13-14,17-18H,3-12,15-16H2. The molecule has 0 atom stereocenters. The second-order valence-electron chi connectivity index (χ2n) is 8.58. The van der Waals surface area contributed by atoms with Crippen molar-refractivity contribution in [1.82, 2.24) is 0 Å². The summed E-state index contributed by atoms with van der Waals surface area (Å²) in [6, 6.07) is 0. The fraction of sp³-hybridized carbons (Fsp3) is 0.800. The third-order valence-electron chi connectivity index (χ3n) is 7.23. The topological polar surface area (TPSA) is 9.23 Å². The molecule has 0 aliphatic heterocycles. The highest BCUT2D eigenvalue weighted by Crippen LogP contribution is 2.57. The third-order valence-corrected chi connectivity index (χ3v) is 7.23. The van der Waals surface area contributed by atoms with Crippen molar-refractivity contribution in [2.75, 3.05) is 0 Å². The van der Waals surface area contributed by atoms with Gasteiger partial charge in [-0.3, -0.25) is 0 Å². The van der Waals surface area contributed by atoms with Gasteiger partial charge in [0.05, 0.1) is 12.5 Å². The van der Waals surface area contributed by atoms with E-state index in [9.17, 15) is 0 Å². The average molecular weight is 286 g/mol. The second kappa shape index (κ2) is 5.48. The van der Waals surface area contributed by atoms with Gasteiger partial charge in [0.15, 0.2) is 0 Å². The van der Waals surface area contributed by atoms with Crippen molar-refractivity contribution in [3.8, 4) is 0 Å². The van der Waals surface area contributed by atoms with Crippen LogP contribution in [0.4, 0.5) is 0 Å². The van der Waals surface area contributed by atoms with Crippen LogP contribution in [0.15, 0.2) is 24.7 Å². The SMILES string of the molecule is C(=COC=CCC12CCC(CC1)C2)CC12CCC(CC1)C2. The van der Waals surface area contributed by atoms with E-state index in [1.54, 1.807) is 0 Å². The zero-order valence-electron chi connectivity index (χ0n) is 13.4. The van der Waals surface area contributed by atoms with Gasteiger partial charge in [0.2, 0.25) is 0 Å². The van der Waals surface area contributed by atoms with Crippen LogP contribution in [0.1, 0.15) is 77.0 Å². The minimum atomic E-state index is 0.663. The maximum Gasteiger partial charge on any atom is 0.0861 e. The van der Waals surface area contributed by atoms with Gasteiger partial charge >= 0.3 is 0 Å². The van der Waals surface area contributed by atoms with Crippen molar-refractivity contribution < 1.29 is 4.74 Å². The minimum absolute atomic E-state index is 0.663. The Hall–Kier alpha value is -0.720. The van der Waals surface area contributed by atoms with E-state index in [1.807, 2.05) is 12.5 Å². The summed E-state index contributed by atoms with van der Waals surface area (Å²) >= 11 is 0. The summed E-state index contributed by atoms with van der Waals surface area (Å²) < 4.78 is 5.60. The molecule has 1 nitrogen and oxygen atoms in total. The molecule has 1 heteroatoms. The predicted octanol–water partition coefficient (Wildman–Crippen LogP) is 5.97. The van der Waals surface area contributed by atoms with Crippen molar-refractivity contribution in [2.24, 2.45) is 22.7 Å². The van der Waals surface area contributed by atoms with E-state index >= 15 is 0 Å². The molecular weight excluding hydrogens is 256 g/mol. The molecule has 21 heavy (non-hydrogen) atoms. The highest BCUT2D eigenvalue weighted by molar-refractivity contribution is 5.01. The second-order valence-corrected chi connectivity index (χ2v) is 8.58. The molecule has 0 heterocycles. The van der Waals surface area contributed by atoms with E-state index < -0.39 is 0 Å². The summed E-state index contributed by atoms with van der Waals surface area (Å²) in [5.74, 6) is 2.11. The molecule has 4 fully saturated rings. The van der Waals surface area contributed by atoms with Gasteiger partial charge in [0.25, 0.3) is 0 Å². The van der Waals surface area contributed by atoms with Gasteiger partial charge in [-0.1, -0.05) is 0 Å². The number of rotatable bonds is 6. The highest BCUT2D eigenvalue weighted by Gasteiger charge is 2.44. The highest BCUT2D eigenvalue weighted by atomic mass is 16.5. The van der Waals surface area contributed by atoms with Crippen molar-refractivity contribution in [3.63, 3.8) is 0 Å². The molecule has 0 radical (unpaired) electrons. The lowest BCUT2D eigenvalue weighted by molar-refractivity contribution is 0.290. The zero-order valence-corrected chi connectivity index (χ0v) is 13.4. The summed E-state index contributed by atoms with van der Waals surface area (Å²) in [7, 11) is 0. The molecule has 4 rings (SSSR count). The van der Waals surface area contributed by atoms with E-state index in [4.69, 9.17) is 4.74 Å². The lowest BCUT2D eigenvalue weighted by atomic mass is 9.81. The molecule has 0 aromatic carbocycles. The predicted molar refractivity (Wildman–Crippen MR) is 86.6 cm³/mol. The summed E-state index contributed by atoms with van der Waals surface area (Å²) in [6.45, 7) is 0. The molecule has 0 aromatic heterocycles. The molecule has 116 valence electrons. The van der Waals surface area contributed by atoms with Gasteiger partial charge in [-0.25, -0.2) is 0 Å². The first-order valence-electron chi connectivity index (χ1n) is 9.23. The molecule has 0 spiro atoms. The summed E-state index contributed by atoms with van der Waals surface area (Å²) in [6.07, 6.45) is 25.6. The molecule has 0 unspecified atom stereocenters. The molecule has 4 saturated carbocycles. The van der Waals surface area contributed by atoms with Crippen LogP contribution in [-0.2, 0) is 4.74 Å². The molecular formula is C20H30O. The van der Waals surface area contributed by atoms with Crippen LogP contribution >= 0.6 is 0 Å². The van der Waals surface area contributed by atoms with Crippen molar-refractivity contribution in [2.45, 2.75) is 77.0 Å². The average Bonchev–Trinajstić information content (AvgIpc) is 3.26. The lowest BCUT2D eigenvalue weighted by Crippen LogP contribution is -2.12. The Morgan fingerprint density at radius 3 is 1.48 bits per heavy atom. The molecule has 0 amide bonds. The van der Waals surface area contributed by atoms with Gasteiger partial charge in [-0.15, -0.1) is 0 Å². The molecule has 0 N–H and O–H groups in total. The van der Waals surface area contributed by atoms with E-state index in [2.05, 4.69) is 12.2 Å². The zero-order chi connectivity index (χ0) is 14.2. The Morgan fingerprint density at radius 2 is 1.14 bits per heavy atom. The normalized spacial score (nSPS) is 44.6. The minimum Gasteiger partial charge on any atom is -0.473 e. The first-order valence-corrected chi connectivity index (χ1v) is 9.23. The fourth-order valence-electron chi connectivity index (χ4n) is 5.95.